The summed E-state index contributed by atoms with van der Waals surface area (Å²) in [7, 11) is 1.87. The number of pyridine rings is 1. The smallest absolute Gasteiger partial charge is 0.195 e. The molecule has 0 aliphatic rings. The first-order chi connectivity index (χ1) is 13.5. The maximum Gasteiger partial charge on any atom is 0.195 e. The zero-order valence-corrected chi connectivity index (χ0v) is 16.4. The van der Waals surface area contributed by atoms with Crippen LogP contribution in [0, 0.1) is 5.92 Å². The van der Waals surface area contributed by atoms with Crippen LogP contribution >= 0.6 is 0 Å². The van der Waals surface area contributed by atoms with Gasteiger partial charge in [0.25, 0.3) is 0 Å². The van der Waals surface area contributed by atoms with E-state index in [1.807, 2.05) is 55.7 Å². The summed E-state index contributed by atoms with van der Waals surface area (Å²) in [5, 5.41) is 10.1. The van der Waals surface area contributed by atoms with Gasteiger partial charge in [0.1, 0.15) is 0 Å². The average Bonchev–Trinajstić information content (AvgIpc) is 3.06. The van der Waals surface area contributed by atoms with Crippen molar-refractivity contribution in [2.24, 2.45) is 13.0 Å². The molecule has 0 amide bonds. The molecule has 0 atom stereocenters. The summed E-state index contributed by atoms with van der Waals surface area (Å²) >= 11 is 0. The normalized spacial score (nSPS) is 11.4. The molecule has 0 saturated heterocycles. The number of hydrogen-bond acceptors (Lipinski definition) is 4. The Morgan fingerprint density at radius 3 is 2.64 bits per heavy atom. The fourth-order valence-electron chi connectivity index (χ4n) is 3.33. The molecular weight excluding hydrogens is 348 g/mol. The lowest BCUT2D eigenvalue weighted by molar-refractivity contribution is 0.607. The molecule has 0 fully saturated rings. The van der Waals surface area contributed by atoms with Crippen LogP contribution < -0.4 is 10.7 Å². The van der Waals surface area contributed by atoms with Crippen LogP contribution in [0.3, 0.4) is 0 Å². The average molecular weight is 372 g/mol. The van der Waals surface area contributed by atoms with E-state index in [4.69, 9.17) is 0 Å². The Bertz CT molecular complexity index is 1210. The predicted molar refractivity (Wildman–Crippen MR) is 116 cm³/mol. The maximum absolute atomic E-state index is 13.3. The van der Waals surface area contributed by atoms with Crippen LogP contribution in [0.15, 0.2) is 59.7 Å². The summed E-state index contributed by atoms with van der Waals surface area (Å²) in [6.45, 7) is 5.30. The molecule has 0 bridgehead atoms. The van der Waals surface area contributed by atoms with Gasteiger partial charge in [-0.3, -0.25) is 14.5 Å². The van der Waals surface area contributed by atoms with Crippen LogP contribution in [0.1, 0.15) is 20.3 Å². The van der Waals surface area contributed by atoms with Crippen molar-refractivity contribution in [3.05, 3.63) is 65.1 Å². The molecule has 0 aliphatic heterocycles. The van der Waals surface area contributed by atoms with Gasteiger partial charge >= 0.3 is 0 Å². The molecule has 2 heterocycles. The zero-order chi connectivity index (χ0) is 19.7. The van der Waals surface area contributed by atoms with Crippen molar-refractivity contribution in [2.75, 3.05) is 11.9 Å². The van der Waals surface area contributed by atoms with Crippen LogP contribution in [0.4, 0.5) is 5.69 Å². The number of nitrogens with zero attached hydrogens (tertiary/aromatic N) is 3. The number of rotatable bonds is 5. The lowest BCUT2D eigenvalue weighted by Gasteiger charge is -2.08. The van der Waals surface area contributed by atoms with E-state index in [1.165, 1.54) is 0 Å². The Morgan fingerprint density at radius 1 is 1.07 bits per heavy atom. The maximum atomic E-state index is 13.3. The van der Waals surface area contributed by atoms with Crippen molar-refractivity contribution in [1.82, 2.24) is 14.8 Å². The van der Waals surface area contributed by atoms with Crippen molar-refractivity contribution < 1.29 is 0 Å². The minimum Gasteiger partial charge on any atom is -0.385 e. The minimum absolute atomic E-state index is 0.00668. The highest BCUT2D eigenvalue weighted by Crippen LogP contribution is 2.22. The monoisotopic (exact) mass is 372 g/mol. The van der Waals surface area contributed by atoms with E-state index < -0.39 is 0 Å². The van der Waals surface area contributed by atoms with Crippen LogP contribution in [-0.4, -0.2) is 21.3 Å². The summed E-state index contributed by atoms with van der Waals surface area (Å²) < 4.78 is 1.74. The van der Waals surface area contributed by atoms with Gasteiger partial charge in [-0.15, -0.1) is 0 Å². The molecule has 0 saturated carbocycles. The molecule has 0 aliphatic carbocycles. The van der Waals surface area contributed by atoms with Gasteiger partial charge < -0.3 is 5.32 Å². The van der Waals surface area contributed by atoms with E-state index in [0.717, 1.165) is 35.3 Å². The predicted octanol–water partition coefficient (Wildman–Crippen LogP) is 4.61. The molecule has 1 N–H and O–H groups in total. The lowest BCUT2D eigenvalue weighted by Crippen LogP contribution is -2.05. The van der Waals surface area contributed by atoms with Gasteiger partial charge in [0.2, 0.25) is 0 Å². The second kappa shape index (κ2) is 7.43. The molecular formula is C23H24N4O. The van der Waals surface area contributed by atoms with Crippen LogP contribution in [-0.2, 0) is 7.05 Å². The Hall–Kier alpha value is -3.21. The molecule has 5 heteroatoms. The molecule has 142 valence electrons. The van der Waals surface area contributed by atoms with E-state index in [-0.39, 0.29) is 5.43 Å². The van der Waals surface area contributed by atoms with Gasteiger partial charge in [0.15, 0.2) is 5.43 Å². The Labute approximate surface area is 164 Å². The number of anilines is 1. The molecule has 5 nitrogen and oxygen atoms in total. The Balaban J connectivity index is 1.83. The summed E-state index contributed by atoms with van der Waals surface area (Å²) in [5.41, 5.74) is 3.31. The second-order valence-corrected chi connectivity index (χ2v) is 7.61. The molecule has 0 spiro atoms. The van der Waals surface area contributed by atoms with Crippen molar-refractivity contribution in [2.45, 2.75) is 20.3 Å². The zero-order valence-electron chi connectivity index (χ0n) is 16.4. The van der Waals surface area contributed by atoms with Crippen LogP contribution in [0.2, 0.25) is 0 Å². The van der Waals surface area contributed by atoms with Gasteiger partial charge in [-0.2, -0.15) is 5.10 Å². The van der Waals surface area contributed by atoms with Gasteiger partial charge in [0, 0.05) is 48.0 Å². The molecule has 4 aromatic rings. The Morgan fingerprint density at radius 2 is 1.89 bits per heavy atom. The van der Waals surface area contributed by atoms with Crippen molar-refractivity contribution in [3.8, 4) is 11.3 Å². The lowest BCUT2D eigenvalue weighted by atomic mass is 10.1. The SMILES string of the molecule is CC(C)CCNc1ccc2ccc3ncc(-c4ccn(C)n4)cc3c(=O)c2c1. The topological polar surface area (TPSA) is 59.8 Å². The van der Waals surface area contributed by atoms with Gasteiger partial charge in [-0.1, -0.05) is 26.0 Å². The van der Waals surface area contributed by atoms with Gasteiger partial charge in [-0.25, -0.2) is 0 Å². The van der Waals surface area contributed by atoms with Crippen molar-refractivity contribution in [3.63, 3.8) is 0 Å². The first-order valence-electron chi connectivity index (χ1n) is 9.62. The minimum atomic E-state index is -0.00668. The largest absolute Gasteiger partial charge is 0.385 e. The van der Waals surface area contributed by atoms with Crippen molar-refractivity contribution in [1.29, 1.82) is 0 Å². The van der Waals surface area contributed by atoms with E-state index >= 15 is 0 Å². The first kappa shape index (κ1) is 18.2. The first-order valence-corrected chi connectivity index (χ1v) is 9.62. The standard InChI is InChI=1S/C23H24N4O/c1-15(2)8-10-24-18-6-4-16-5-7-22-20(23(28)19(16)13-18)12-17(14-25-22)21-9-11-27(3)26-21/h4-7,9,11-15,24H,8,10H2,1-3H3. The molecule has 4 rings (SSSR count). The third-order valence-electron chi connectivity index (χ3n) is 4.94. The fourth-order valence-corrected chi connectivity index (χ4v) is 3.33. The highest BCUT2D eigenvalue weighted by molar-refractivity contribution is 5.94. The third kappa shape index (κ3) is 3.60. The van der Waals surface area contributed by atoms with Crippen molar-refractivity contribution >= 4 is 27.4 Å². The highest BCUT2D eigenvalue weighted by Gasteiger charge is 2.08. The molecule has 2 aromatic heterocycles. The number of benzene rings is 1. The quantitative estimate of drug-likeness (QED) is 0.556. The van der Waals surface area contributed by atoms with E-state index in [2.05, 4.69) is 29.2 Å². The molecule has 0 unspecified atom stereocenters. The number of fused-ring (bicyclic) bond motifs is 2. The molecule has 28 heavy (non-hydrogen) atoms. The third-order valence-corrected chi connectivity index (χ3v) is 4.94. The number of aromatic nitrogens is 3. The second-order valence-electron chi connectivity index (χ2n) is 7.61. The Kier molecular flexibility index (Phi) is 4.82. The fraction of sp³-hybridized carbons (Fsp3) is 0.261. The number of aryl methyl sites for hydroxylation is 1. The highest BCUT2D eigenvalue weighted by atomic mass is 16.1. The molecule has 0 radical (unpaired) electrons. The van der Waals surface area contributed by atoms with E-state index in [9.17, 15) is 4.79 Å². The molecule has 2 aromatic carbocycles. The number of hydrogen-bond donors (Lipinski definition) is 1. The van der Waals surface area contributed by atoms with Gasteiger partial charge in [-0.05, 0) is 48.1 Å². The summed E-state index contributed by atoms with van der Waals surface area (Å²) in [6.07, 6.45) is 4.74. The van der Waals surface area contributed by atoms with Crippen LogP contribution in [0.5, 0.6) is 0 Å². The van der Waals surface area contributed by atoms with Gasteiger partial charge in [0.05, 0.1) is 11.2 Å². The summed E-state index contributed by atoms with van der Waals surface area (Å²) in [4.78, 5) is 17.8. The van der Waals surface area contributed by atoms with E-state index in [1.54, 1.807) is 10.9 Å². The van der Waals surface area contributed by atoms with Crippen LogP contribution in [0.25, 0.3) is 32.9 Å². The summed E-state index contributed by atoms with van der Waals surface area (Å²) in [6, 6.07) is 13.7. The summed E-state index contributed by atoms with van der Waals surface area (Å²) in [5.74, 6) is 0.640. The van der Waals surface area contributed by atoms with E-state index in [0.29, 0.717) is 22.2 Å². The number of nitrogens with one attached hydrogen (secondary N) is 1.